The van der Waals surface area contributed by atoms with E-state index in [2.05, 4.69) is 4.98 Å². The van der Waals surface area contributed by atoms with Gasteiger partial charge in [0.25, 0.3) is 0 Å². The SMILES string of the molecule is CO[C@H](CC(=O)c1ccccc1)[C@@H](C(=O)c1ccccc1)[C@](F)(P)n1ccc(N)nc1=O. The summed E-state index contributed by atoms with van der Waals surface area (Å²) in [5.41, 5.74) is 2.52. The lowest BCUT2D eigenvalue weighted by molar-refractivity contribution is -0.0173. The van der Waals surface area contributed by atoms with Crippen molar-refractivity contribution in [1.82, 2.24) is 9.55 Å². The Morgan fingerprint density at radius 3 is 2.19 bits per heavy atom. The number of methoxy groups -OCH3 is 1. The summed E-state index contributed by atoms with van der Waals surface area (Å²) in [5, 5.41) is 0. The molecule has 0 spiro atoms. The zero-order valence-corrected chi connectivity index (χ0v) is 18.5. The van der Waals surface area contributed by atoms with Crippen LogP contribution < -0.4 is 11.4 Å². The number of halogens is 1. The van der Waals surface area contributed by atoms with Gasteiger partial charge in [-0.2, -0.15) is 4.98 Å². The van der Waals surface area contributed by atoms with Crippen LogP contribution in [0.1, 0.15) is 27.1 Å². The van der Waals surface area contributed by atoms with Crippen LogP contribution in [0, 0.1) is 5.92 Å². The first-order valence-corrected chi connectivity index (χ1v) is 10.4. The Kier molecular flexibility index (Phi) is 7.28. The van der Waals surface area contributed by atoms with Crippen molar-refractivity contribution < 1.29 is 18.7 Å². The summed E-state index contributed by atoms with van der Waals surface area (Å²) in [6.07, 6.45) is -0.335. The molecular formula is C23H23FN3O4P. The average molecular weight is 455 g/mol. The summed E-state index contributed by atoms with van der Waals surface area (Å²) in [4.78, 5) is 42.3. The molecule has 1 aromatic heterocycles. The lowest BCUT2D eigenvalue weighted by atomic mass is 9.87. The molecule has 2 N–H and O–H groups in total. The molecule has 1 unspecified atom stereocenters. The number of Topliss-reactive ketones (excluding diaryl/α,β-unsaturated/α-hetero) is 2. The van der Waals surface area contributed by atoms with E-state index in [1.165, 1.54) is 25.3 Å². The van der Waals surface area contributed by atoms with E-state index >= 15 is 4.39 Å². The molecule has 2 aromatic carbocycles. The highest BCUT2D eigenvalue weighted by Crippen LogP contribution is 2.40. The van der Waals surface area contributed by atoms with E-state index in [9.17, 15) is 14.4 Å². The minimum absolute atomic E-state index is 0.0828. The summed E-state index contributed by atoms with van der Waals surface area (Å²) in [5.74, 6) is -2.59. The van der Waals surface area contributed by atoms with Crippen LogP contribution in [-0.4, -0.2) is 34.3 Å². The Hall–Kier alpha value is -3.22. The molecule has 0 radical (unpaired) electrons. The Labute approximate surface area is 186 Å². The number of ether oxygens (including phenoxy) is 1. The molecule has 3 rings (SSSR count). The van der Waals surface area contributed by atoms with Gasteiger partial charge in [0, 0.05) is 30.9 Å². The first-order chi connectivity index (χ1) is 15.3. The Morgan fingerprint density at radius 1 is 1.09 bits per heavy atom. The highest BCUT2D eigenvalue weighted by Gasteiger charge is 2.48. The first kappa shape index (κ1) is 23.4. The molecule has 0 aliphatic rings. The third-order valence-corrected chi connectivity index (χ3v) is 5.77. The van der Waals surface area contributed by atoms with Gasteiger partial charge in [0.2, 0.25) is 5.53 Å². The third kappa shape index (κ3) is 4.98. The van der Waals surface area contributed by atoms with E-state index < -0.39 is 29.0 Å². The van der Waals surface area contributed by atoms with Crippen molar-refractivity contribution in [3.05, 3.63) is 94.5 Å². The number of carbonyl (C=O) groups is 2. The van der Waals surface area contributed by atoms with Gasteiger partial charge in [0.1, 0.15) is 11.7 Å². The molecular weight excluding hydrogens is 432 g/mol. The topological polar surface area (TPSA) is 104 Å². The zero-order valence-electron chi connectivity index (χ0n) is 17.4. The summed E-state index contributed by atoms with van der Waals surface area (Å²) in [7, 11) is 3.20. The van der Waals surface area contributed by atoms with E-state index in [0.29, 0.717) is 10.1 Å². The average Bonchev–Trinajstić information content (AvgIpc) is 2.79. The normalized spacial score (nSPS) is 14.8. The fraction of sp³-hybridized carbons (Fsp3) is 0.217. The van der Waals surface area contributed by atoms with Gasteiger partial charge in [-0.05, 0) is 6.07 Å². The predicted molar refractivity (Wildman–Crippen MR) is 122 cm³/mol. The van der Waals surface area contributed by atoms with Gasteiger partial charge in [-0.1, -0.05) is 69.9 Å². The van der Waals surface area contributed by atoms with Gasteiger partial charge in [0.05, 0.1) is 6.10 Å². The van der Waals surface area contributed by atoms with Crippen LogP contribution in [0.5, 0.6) is 0 Å². The second-order valence-electron chi connectivity index (χ2n) is 7.21. The van der Waals surface area contributed by atoms with Crippen LogP contribution in [0.25, 0.3) is 0 Å². The number of anilines is 1. The van der Waals surface area contributed by atoms with Crippen molar-refractivity contribution in [3.8, 4) is 0 Å². The quantitative estimate of drug-likeness (QED) is 0.393. The van der Waals surface area contributed by atoms with Crippen molar-refractivity contribution >= 4 is 26.6 Å². The molecule has 0 fully saturated rings. The minimum atomic E-state index is -2.65. The molecule has 4 atom stereocenters. The number of nitrogen functional groups attached to an aromatic ring is 1. The van der Waals surface area contributed by atoms with Crippen LogP contribution >= 0.6 is 9.24 Å². The van der Waals surface area contributed by atoms with Crippen molar-refractivity contribution in [3.63, 3.8) is 0 Å². The molecule has 32 heavy (non-hydrogen) atoms. The van der Waals surface area contributed by atoms with Crippen molar-refractivity contribution in [2.75, 3.05) is 12.8 Å². The molecule has 9 heteroatoms. The fourth-order valence-corrected chi connectivity index (χ4v) is 4.05. The Morgan fingerprint density at radius 2 is 1.66 bits per heavy atom. The van der Waals surface area contributed by atoms with Crippen molar-refractivity contribution in [2.24, 2.45) is 5.92 Å². The molecule has 1 heterocycles. The van der Waals surface area contributed by atoms with Crippen LogP contribution in [0.4, 0.5) is 10.2 Å². The number of nitrogens with two attached hydrogens (primary N) is 1. The van der Waals surface area contributed by atoms with Gasteiger partial charge in [-0.25, -0.2) is 9.18 Å². The number of ketones is 2. The largest absolute Gasteiger partial charge is 0.383 e. The van der Waals surface area contributed by atoms with Crippen LogP contribution in [0.15, 0.2) is 77.7 Å². The lowest BCUT2D eigenvalue weighted by Crippen LogP contribution is -2.49. The maximum Gasteiger partial charge on any atom is 0.352 e. The third-order valence-electron chi connectivity index (χ3n) is 5.13. The molecule has 0 saturated heterocycles. The first-order valence-electron chi connectivity index (χ1n) is 9.79. The number of nitrogens with zero attached hydrogens (tertiary/aromatic N) is 2. The minimum Gasteiger partial charge on any atom is -0.383 e. The second-order valence-corrected chi connectivity index (χ2v) is 8.02. The molecule has 166 valence electrons. The lowest BCUT2D eigenvalue weighted by Gasteiger charge is -2.35. The summed E-state index contributed by atoms with van der Waals surface area (Å²) < 4.78 is 22.5. The van der Waals surface area contributed by atoms with E-state index in [1.54, 1.807) is 48.5 Å². The molecule has 0 amide bonds. The summed E-state index contributed by atoms with van der Waals surface area (Å²) in [6.45, 7) is 0. The van der Waals surface area contributed by atoms with Crippen molar-refractivity contribution in [2.45, 2.75) is 18.1 Å². The molecule has 0 aliphatic carbocycles. The monoisotopic (exact) mass is 455 g/mol. The Bertz CT molecular complexity index is 1150. The van der Waals surface area contributed by atoms with E-state index in [4.69, 9.17) is 10.5 Å². The van der Waals surface area contributed by atoms with Gasteiger partial charge in [-0.3, -0.25) is 14.2 Å². The number of hydrogen-bond acceptors (Lipinski definition) is 6. The number of alkyl halides is 1. The van der Waals surface area contributed by atoms with Crippen LogP contribution in [-0.2, 0) is 10.3 Å². The maximum atomic E-state index is 16.3. The Balaban J connectivity index is 2.07. The van der Waals surface area contributed by atoms with Crippen LogP contribution in [0.2, 0.25) is 0 Å². The van der Waals surface area contributed by atoms with Gasteiger partial charge >= 0.3 is 5.69 Å². The van der Waals surface area contributed by atoms with Gasteiger partial charge in [0.15, 0.2) is 11.6 Å². The fourth-order valence-electron chi connectivity index (χ4n) is 3.48. The van der Waals surface area contributed by atoms with Gasteiger partial charge in [-0.15, -0.1) is 0 Å². The van der Waals surface area contributed by atoms with E-state index in [0.717, 1.165) is 6.20 Å². The standard InChI is InChI=1S/C23H23FN3O4P/c1-31-18(14-17(28)15-8-4-2-5-9-15)20(21(29)16-10-6-3-7-11-16)23(24,32)27-13-12-19(25)26-22(27)30/h2-13,18,20H,14,32H2,1H3,(H2,25,26,30)/t18-,20+,23-/m1/s1. The summed E-state index contributed by atoms with van der Waals surface area (Å²) in [6, 6.07) is 17.7. The molecule has 0 saturated carbocycles. The molecule has 0 bridgehead atoms. The van der Waals surface area contributed by atoms with Crippen LogP contribution in [0.3, 0.4) is 0 Å². The molecule has 0 aliphatic heterocycles. The van der Waals surface area contributed by atoms with E-state index in [1.807, 2.05) is 9.24 Å². The number of rotatable bonds is 9. The summed E-state index contributed by atoms with van der Waals surface area (Å²) >= 11 is 0. The number of carbonyl (C=O) groups excluding carboxylic acids is 2. The molecule has 3 aromatic rings. The number of hydrogen-bond donors (Lipinski definition) is 1. The smallest absolute Gasteiger partial charge is 0.352 e. The number of aromatic nitrogens is 2. The highest BCUT2D eigenvalue weighted by molar-refractivity contribution is 7.17. The van der Waals surface area contributed by atoms with Gasteiger partial charge < -0.3 is 10.5 Å². The highest BCUT2D eigenvalue weighted by atomic mass is 31.0. The maximum absolute atomic E-state index is 16.3. The predicted octanol–water partition coefficient (Wildman–Crippen LogP) is 3.07. The second kappa shape index (κ2) is 9.94. The van der Waals surface area contributed by atoms with Crippen molar-refractivity contribution in [1.29, 1.82) is 0 Å². The molecule has 7 nitrogen and oxygen atoms in total. The zero-order chi connectivity index (χ0) is 23.3. The number of benzene rings is 2. The van der Waals surface area contributed by atoms with E-state index in [-0.39, 0.29) is 23.6 Å².